The van der Waals surface area contributed by atoms with Gasteiger partial charge in [-0.05, 0) is 64.8 Å². The zero-order valence-corrected chi connectivity index (χ0v) is 15.5. The summed E-state index contributed by atoms with van der Waals surface area (Å²) in [5, 5.41) is 2.91. The lowest BCUT2D eigenvalue weighted by molar-refractivity contribution is -0.0758. The van der Waals surface area contributed by atoms with Crippen molar-refractivity contribution in [1.29, 1.82) is 0 Å². The Balaban J connectivity index is 2.00. The van der Waals surface area contributed by atoms with Gasteiger partial charge in [-0.25, -0.2) is 9.59 Å². The third-order valence-corrected chi connectivity index (χ3v) is 4.36. The average Bonchev–Trinajstić information content (AvgIpc) is 2.55. The van der Waals surface area contributed by atoms with Crippen LogP contribution in [0.3, 0.4) is 0 Å². The van der Waals surface area contributed by atoms with E-state index < -0.39 is 0 Å². The number of hydrogen-bond donors (Lipinski definition) is 1. The molecule has 0 spiro atoms. The predicted octanol–water partition coefficient (Wildman–Crippen LogP) is 3.67. The first-order valence-corrected chi connectivity index (χ1v) is 8.85. The smallest absolute Gasteiger partial charge is 0.338 e. The molecular weight excluding hydrogens is 320 g/mol. The molecule has 1 fully saturated rings. The Morgan fingerprint density at radius 1 is 1.28 bits per heavy atom. The van der Waals surface area contributed by atoms with E-state index in [9.17, 15) is 9.59 Å². The van der Waals surface area contributed by atoms with Gasteiger partial charge < -0.3 is 19.7 Å². The average molecular weight is 348 g/mol. The molecule has 1 aromatic rings. The molecule has 2 amide bonds. The molecule has 1 saturated heterocycles. The monoisotopic (exact) mass is 348 g/mol. The maximum atomic E-state index is 12.7. The summed E-state index contributed by atoms with van der Waals surface area (Å²) in [6.45, 7) is 9.49. The molecule has 0 aromatic heterocycles. The first-order valence-electron chi connectivity index (χ1n) is 8.85. The van der Waals surface area contributed by atoms with Crippen LogP contribution >= 0.6 is 0 Å². The molecule has 6 heteroatoms. The number of urea groups is 1. The van der Waals surface area contributed by atoms with Crippen LogP contribution in [-0.4, -0.2) is 48.3 Å². The Kier molecular flexibility index (Phi) is 6.42. The van der Waals surface area contributed by atoms with Gasteiger partial charge in [0.2, 0.25) is 0 Å². The molecule has 1 atom stereocenters. The van der Waals surface area contributed by atoms with Crippen molar-refractivity contribution in [1.82, 2.24) is 4.90 Å². The molecule has 1 aliphatic heterocycles. The van der Waals surface area contributed by atoms with Crippen molar-refractivity contribution in [2.24, 2.45) is 0 Å². The highest BCUT2D eigenvalue weighted by Gasteiger charge is 2.33. The molecule has 0 radical (unpaired) electrons. The molecule has 1 aliphatic rings. The highest BCUT2D eigenvalue weighted by atomic mass is 16.5. The van der Waals surface area contributed by atoms with Gasteiger partial charge >= 0.3 is 12.0 Å². The second kappa shape index (κ2) is 8.34. The van der Waals surface area contributed by atoms with Crippen molar-refractivity contribution >= 4 is 17.7 Å². The van der Waals surface area contributed by atoms with Crippen LogP contribution in [0.1, 0.15) is 50.9 Å². The number of nitrogens with zero attached hydrogens (tertiary/aromatic N) is 1. The standard InChI is InChI=1S/C19H28N2O4/c1-5-21(16-11-12-25-19(3,4)13-16)18(23)20-15-9-7-14(8-10-15)17(22)24-6-2/h7-10,16H,5-6,11-13H2,1-4H3,(H,20,23). The number of amides is 2. The van der Waals surface area contributed by atoms with E-state index in [0.29, 0.717) is 31.0 Å². The number of esters is 1. The van der Waals surface area contributed by atoms with E-state index in [0.717, 1.165) is 12.8 Å². The van der Waals surface area contributed by atoms with Crippen molar-refractivity contribution < 1.29 is 19.1 Å². The van der Waals surface area contributed by atoms with Crippen molar-refractivity contribution in [2.75, 3.05) is 25.1 Å². The molecule has 0 aliphatic carbocycles. The van der Waals surface area contributed by atoms with Gasteiger partial charge in [0, 0.05) is 24.9 Å². The van der Waals surface area contributed by atoms with Gasteiger partial charge in [0.15, 0.2) is 0 Å². The molecule has 1 heterocycles. The van der Waals surface area contributed by atoms with Crippen LogP contribution in [0.2, 0.25) is 0 Å². The SMILES string of the molecule is CCOC(=O)c1ccc(NC(=O)N(CC)C2CCOC(C)(C)C2)cc1. The van der Waals surface area contributed by atoms with E-state index in [1.54, 1.807) is 31.2 Å². The molecule has 1 unspecified atom stereocenters. The van der Waals surface area contributed by atoms with E-state index in [4.69, 9.17) is 9.47 Å². The van der Waals surface area contributed by atoms with E-state index in [1.807, 2.05) is 11.8 Å². The Morgan fingerprint density at radius 3 is 2.52 bits per heavy atom. The van der Waals surface area contributed by atoms with Crippen LogP contribution < -0.4 is 5.32 Å². The lowest BCUT2D eigenvalue weighted by Gasteiger charge is -2.40. The zero-order chi connectivity index (χ0) is 18.4. The number of ether oxygens (including phenoxy) is 2. The summed E-state index contributed by atoms with van der Waals surface area (Å²) in [5.41, 5.74) is 0.916. The summed E-state index contributed by atoms with van der Waals surface area (Å²) in [4.78, 5) is 26.2. The summed E-state index contributed by atoms with van der Waals surface area (Å²) in [7, 11) is 0. The molecule has 0 saturated carbocycles. The van der Waals surface area contributed by atoms with Gasteiger partial charge in [-0.15, -0.1) is 0 Å². The normalized spacial score (nSPS) is 19.1. The minimum Gasteiger partial charge on any atom is -0.462 e. The largest absolute Gasteiger partial charge is 0.462 e. The van der Waals surface area contributed by atoms with E-state index in [-0.39, 0.29) is 23.6 Å². The summed E-state index contributed by atoms with van der Waals surface area (Å²) in [6.07, 6.45) is 1.66. The van der Waals surface area contributed by atoms with Crippen LogP contribution in [0.4, 0.5) is 10.5 Å². The fraction of sp³-hybridized carbons (Fsp3) is 0.579. The quantitative estimate of drug-likeness (QED) is 0.824. The minimum atomic E-state index is -0.361. The maximum absolute atomic E-state index is 12.7. The Hall–Kier alpha value is -2.08. The van der Waals surface area contributed by atoms with Gasteiger partial charge in [-0.2, -0.15) is 0 Å². The predicted molar refractivity (Wildman–Crippen MR) is 96.9 cm³/mol. The number of anilines is 1. The first-order chi connectivity index (χ1) is 11.9. The van der Waals surface area contributed by atoms with Gasteiger partial charge in [0.05, 0.1) is 17.8 Å². The first kappa shape index (κ1) is 19.2. The maximum Gasteiger partial charge on any atom is 0.338 e. The van der Waals surface area contributed by atoms with Crippen LogP contribution in [-0.2, 0) is 9.47 Å². The number of nitrogens with one attached hydrogen (secondary N) is 1. The fourth-order valence-corrected chi connectivity index (χ4v) is 3.13. The van der Waals surface area contributed by atoms with Crippen LogP contribution in [0, 0.1) is 0 Å². The van der Waals surface area contributed by atoms with Crippen molar-refractivity contribution in [3.8, 4) is 0 Å². The Bertz CT molecular complexity index is 598. The number of carbonyl (C=O) groups excluding carboxylic acids is 2. The van der Waals surface area contributed by atoms with Crippen molar-refractivity contribution in [3.63, 3.8) is 0 Å². The van der Waals surface area contributed by atoms with Crippen molar-refractivity contribution in [3.05, 3.63) is 29.8 Å². The number of rotatable bonds is 5. The molecule has 0 bridgehead atoms. The summed E-state index contributed by atoms with van der Waals surface area (Å²) in [6, 6.07) is 6.77. The third kappa shape index (κ3) is 5.19. The lowest BCUT2D eigenvalue weighted by atomic mass is 9.93. The summed E-state index contributed by atoms with van der Waals surface area (Å²) >= 11 is 0. The zero-order valence-electron chi connectivity index (χ0n) is 15.5. The molecule has 2 rings (SSSR count). The van der Waals surface area contributed by atoms with Crippen LogP contribution in [0.15, 0.2) is 24.3 Å². The molecule has 138 valence electrons. The van der Waals surface area contributed by atoms with Crippen LogP contribution in [0.5, 0.6) is 0 Å². The fourth-order valence-electron chi connectivity index (χ4n) is 3.13. The highest BCUT2D eigenvalue weighted by Crippen LogP contribution is 2.27. The van der Waals surface area contributed by atoms with E-state index >= 15 is 0 Å². The van der Waals surface area contributed by atoms with Gasteiger partial charge in [0.1, 0.15) is 0 Å². The van der Waals surface area contributed by atoms with Gasteiger partial charge in [-0.1, -0.05) is 0 Å². The number of benzene rings is 1. The minimum absolute atomic E-state index is 0.130. The molecular formula is C19H28N2O4. The number of carbonyl (C=O) groups is 2. The molecule has 6 nitrogen and oxygen atoms in total. The van der Waals surface area contributed by atoms with Gasteiger partial charge in [0.25, 0.3) is 0 Å². The number of hydrogen-bond acceptors (Lipinski definition) is 4. The topological polar surface area (TPSA) is 67.9 Å². The lowest BCUT2D eigenvalue weighted by Crippen LogP contribution is -2.49. The van der Waals surface area contributed by atoms with Gasteiger partial charge in [-0.3, -0.25) is 0 Å². The Morgan fingerprint density at radius 2 is 1.96 bits per heavy atom. The van der Waals surface area contributed by atoms with Crippen LogP contribution in [0.25, 0.3) is 0 Å². The van der Waals surface area contributed by atoms with E-state index in [1.165, 1.54) is 0 Å². The molecule has 1 aromatic carbocycles. The third-order valence-electron chi connectivity index (χ3n) is 4.36. The van der Waals surface area contributed by atoms with E-state index in [2.05, 4.69) is 19.2 Å². The summed E-state index contributed by atoms with van der Waals surface area (Å²) < 4.78 is 10.7. The summed E-state index contributed by atoms with van der Waals surface area (Å²) in [5.74, 6) is -0.361. The highest BCUT2D eigenvalue weighted by molar-refractivity contribution is 5.92. The second-order valence-electron chi connectivity index (χ2n) is 6.77. The second-order valence-corrected chi connectivity index (χ2v) is 6.77. The molecule has 25 heavy (non-hydrogen) atoms. The van der Waals surface area contributed by atoms with Crippen molar-refractivity contribution in [2.45, 2.75) is 52.2 Å². The Labute approximate surface area is 149 Å². The molecule has 1 N–H and O–H groups in total.